The molecule has 0 saturated heterocycles. The fourth-order valence-corrected chi connectivity index (χ4v) is 5.42. The Bertz CT molecular complexity index is 1250. The smallest absolute Gasteiger partial charge is 0.407 e. The molecule has 0 rings (SSSR count). The number of carbonyl (C=O) groups is 8. The molecule has 3 unspecified atom stereocenters. The monoisotopic (exact) mass is 876 g/mol. The van der Waals surface area contributed by atoms with E-state index in [4.69, 9.17) is 39.9 Å². The maximum Gasteiger partial charge on any atom is 0.407 e. The molecule has 0 aromatic rings. The summed E-state index contributed by atoms with van der Waals surface area (Å²) >= 11 is 0. The first kappa shape index (κ1) is 56.4. The minimum Gasteiger partial charge on any atom is -0.463 e. The molecule has 21 nitrogen and oxygen atoms in total. The Morgan fingerprint density at radius 1 is 0.541 bits per heavy atom. The first-order valence-corrected chi connectivity index (χ1v) is 21.1. The topological polar surface area (TPSA) is 295 Å². The molecule has 0 spiro atoms. The number of esters is 1. The Hall–Kier alpha value is -4.60. The van der Waals surface area contributed by atoms with Gasteiger partial charge in [-0.1, -0.05) is 33.1 Å². The van der Waals surface area contributed by atoms with Crippen LogP contribution in [0.5, 0.6) is 0 Å². The number of methoxy groups -OCH3 is 2. The predicted molar refractivity (Wildman–Crippen MR) is 222 cm³/mol. The average molecular weight is 876 g/mol. The van der Waals surface area contributed by atoms with Crippen LogP contribution in [-0.4, -0.2) is 159 Å². The zero-order valence-corrected chi connectivity index (χ0v) is 36.7. The minimum atomic E-state index is -0.821. The molecule has 0 saturated carbocycles. The second kappa shape index (κ2) is 37.2. The second-order valence-corrected chi connectivity index (χ2v) is 14.5. The van der Waals surface area contributed by atoms with Crippen molar-refractivity contribution in [3.63, 3.8) is 0 Å². The molecule has 0 aromatic carbocycles. The van der Waals surface area contributed by atoms with Gasteiger partial charge in [0.05, 0.1) is 46.1 Å². The van der Waals surface area contributed by atoms with E-state index < -0.39 is 66.5 Å². The Labute approximate surface area is 360 Å². The van der Waals surface area contributed by atoms with Crippen molar-refractivity contribution in [1.82, 2.24) is 26.2 Å². The molecule has 0 aliphatic heterocycles. The lowest BCUT2D eigenvalue weighted by Crippen LogP contribution is -2.47. The SMILES string of the molecule is COCCOCCOC(=O)CC(CCCCNC(=O)OCCOCCOC)C(=O)NCCC(=O)N(CC(=O)NCCCCC(C)C(N)=O)CC(=O)NCCCCC(C)C(N)=O. The Balaban J connectivity index is 5.33. The number of amides is 7. The van der Waals surface area contributed by atoms with Gasteiger partial charge in [0.25, 0.3) is 0 Å². The van der Waals surface area contributed by atoms with Crippen molar-refractivity contribution in [3.05, 3.63) is 0 Å². The summed E-state index contributed by atoms with van der Waals surface area (Å²) in [6, 6.07) is 0. The van der Waals surface area contributed by atoms with Crippen molar-refractivity contribution in [3.8, 4) is 0 Å². The second-order valence-electron chi connectivity index (χ2n) is 14.5. The zero-order chi connectivity index (χ0) is 45.7. The van der Waals surface area contributed by atoms with Gasteiger partial charge in [-0.3, -0.25) is 33.6 Å². The van der Waals surface area contributed by atoms with Gasteiger partial charge in [-0.15, -0.1) is 0 Å². The number of primary amides is 2. The standard InChI is InChI=1S/C40H73N7O14/c1-30(37(41)52)11-5-8-15-43-33(48)28-47(29-34(49)44-16-9-6-12-31(2)38(42)53)35(50)14-18-45-39(54)32(27-36(51)60-25-23-58-21-19-56-3)13-7-10-17-46-40(55)61-26-24-59-22-20-57-4/h30-32H,5-29H2,1-4H3,(H2,41,52)(H2,42,53)(H,43,48)(H,44,49)(H,45,54)(H,46,55). The highest BCUT2D eigenvalue weighted by Crippen LogP contribution is 2.15. The Kier molecular flexibility index (Phi) is 34.4. The molecule has 3 atom stereocenters. The van der Waals surface area contributed by atoms with Gasteiger partial charge in [-0.2, -0.15) is 0 Å². The molecule has 61 heavy (non-hydrogen) atoms. The number of rotatable bonds is 39. The third-order valence-electron chi connectivity index (χ3n) is 9.25. The number of carbonyl (C=O) groups excluding carboxylic acids is 8. The van der Waals surface area contributed by atoms with Crippen LogP contribution in [0.1, 0.15) is 84.5 Å². The molecule has 0 aromatic heterocycles. The lowest BCUT2D eigenvalue weighted by Gasteiger charge is -2.22. The van der Waals surface area contributed by atoms with Crippen LogP contribution in [0.25, 0.3) is 0 Å². The van der Waals surface area contributed by atoms with Crippen molar-refractivity contribution < 1.29 is 66.8 Å². The summed E-state index contributed by atoms with van der Waals surface area (Å²) in [5.41, 5.74) is 10.6. The molecule has 7 amide bonds. The molecular formula is C40H73N7O14. The Morgan fingerprint density at radius 3 is 1.49 bits per heavy atom. The molecule has 0 fully saturated rings. The fourth-order valence-electron chi connectivity index (χ4n) is 5.42. The zero-order valence-electron chi connectivity index (χ0n) is 36.7. The van der Waals surface area contributed by atoms with Gasteiger partial charge in [-0.25, -0.2) is 4.79 Å². The molecule has 0 aliphatic carbocycles. The number of nitrogens with zero attached hydrogens (tertiary/aromatic N) is 1. The van der Waals surface area contributed by atoms with Crippen LogP contribution in [0.3, 0.4) is 0 Å². The highest BCUT2D eigenvalue weighted by atomic mass is 16.6. The van der Waals surface area contributed by atoms with Crippen molar-refractivity contribution in [2.75, 3.05) is 106 Å². The molecule has 8 N–H and O–H groups in total. The van der Waals surface area contributed by atoms with E-state index in [1.54, 1.807) is 21.0 Å². The molecule has 352 valence electrons. The van der Waals surface area contributed by atoms with Crippen LogP contribution >= 0.6 is 0 Å². The van der Waals surface area contributed by atoms with E-state index >= 15 is 0 Å². The summed E-state index contributed by atoms with van der Waals surface area (Å²) in [6.07, 6.45) is 3.65. The molecular weight excluding hydrogens is 802 g/mol. The van der Waals surface area contributed by atoms with Gasteiger partial charge >= 0.3 is 12.1 Å². The van der Waals surface area contributed by atoms with Crippen LogP contribution in [0.2, 0.25) is 0 Å². The number of nitrogens with one attached hydrogen (secondary N) is 4. The highest BCUT2D eigenvalue weighted by Gasteiger charge is 2.24. The normalized spacial score (nSPS) is 12.3. The molecule has 0 aliphatic rings. The number of alkyl carbamates (subject to hydrolysis) is 1. The van der Waals surface area contributed by atoms with Crippen molar-refractivity contribution >= 4 is 47.5 Å². The Morgan fingerprint density at radius 2 is 1.00 bits per heavy atom. The first-order valence-electron chi connectivity index (χ1n) is 21.1. The van der Waals surface area contributed by atoms with Crippen molar-refractivity contribution in [1.29, 1.82) is 0 Å². The van der Waals surface area contributed by atoms with E-state index in [0.717, 1.165) is 4.90 Å². The van der Waals surface area contributed by atoms with Gasteiger partial charge in [0.1, 0.15) is 26.3 Å². The van der Waals surface area contributed by atoms with Crippen LogP contribution in [-0.2, 0) is 62.0 Å². The van der Waals surface area contributed by atoms with Crippen LogP contribution in [0.15, 0.2) is 0 Å². The van der Waals surface area contributed by atoms with E-state index in [1.165, 1.54) is 7.11 Å². The summed E-state index contributed by atoms with van der Waals surface area (Å²) in [7, 11) is 3.09. The number of hydrogen-bond donors (Lipinski definition) is 6. The largest absolute Gasteiger partial charge is 0.463 e. The lowest BCUT2D eigenvalue weighted by atomic mass is 9.97. The summed E-state index contributed by atoms with van der Waals surface area (Å²) in [6.45, 7) is 5.24. The minimum absolute atomic E-state index is 0.0190. The van der Waals surface area contributed by atoms with E-state index in [2.05, 4.69) is 21.3 Å². The number of nitrogens with two attached hydrogens (primary N) is 2. The third kappa shape index (κ3) is 32.8. The van der Waals surface area contributed by atoms with Crippen LogP contribution in [0.4, 0.5) is 4.79 Å². The number of hydrogen-bond acceptors (Lipinski definition) is 14. The summed E-state index contributed by atoms with van der Waals surface area (Å²) in [5.74, 6) is -4.88. The van der Waals surface area contributed by atoms with Gasteiger partial charge in [0.2, 0.25) is 35.4 Å². The van der Waals surface area contributed by atoms with Crippen molar-refractivity contribution in [2.45, 2.75) is 84.5 Å². The van der Waals surface area contributed by atoms with Crippen LogP contribution in [0, 0.1) is 17.8 Å². The van der Waals surface area contributed by atoms with Crippen LogP contribution < -0.4 is 32.7 Å². The van der Waals surface area contributed by atoms with E-state index in [0.29, 0.717) is 77.8 Å². The summed E-state index contributed by atoms with van der Waals surface area (Å²) in [4.78, 5) is 101. The van der Waals surface area contributed by atoms with Gasteiger partial charge in [0.15, 0.2) is 0 Å². The fraction of sp³-hybridized carbons (Fsp3) is 0.800. The highest BCUT2D eigenvalue weighted by molar-refractivity contribution is 5.89. The first-order chi connectivity index (χ1) is 29.2. The van der Waals surface area contributed by atoms with Gasteiger partial charge < -0.3 is 66.1 Å². The van der Waals surface area contributed by atoms with E-state index in [9.17, 15) is 38.4 Å². The maximum atomic E-state index is 13.4. The third-order valence-corrected chi connectivity index (χ3v) is 9.25. The summed E-state index contributed by atoms with van der Waals surface area (Å²) in [5, 5.41) is 10.8. The molecule has 0 radical (unpaired) electrons. The number of unbranched alkanes of at least 4 members (excludes halogenated alkanes) is 3. The molecule has 21 heteroatoms. The number of ether oxygens (including phenoxy) is 6. The average Bonchev–Trinajstić information content (AvgIpc) is 3.21. The quantitative estimate of drug-likeness (QED) is 0.0348. The maximum absolute atomic E-state index is 13.4. The van der Waals surface area contributed by atoms with E-state index in [-0.39, 0.29) is 83.7 Å². The lowest BCUT2D eigenvalue weighted by molar-refractivity contribution is -0.148. The van der Waals surface area contributed by atoms with Crippen molar-refractivity contribution in [2.24, 2.45) is 29.2 Å². The molecule has 0 heterocycles. The summed E-state index contributed by atoms with van der Waals surface area (Å²) < 4.78 is 30.7. The predicted octanol–water partition coefficient (Wildman–Crippen LogP) is -0.0909. The van der Waals surface area contributed by atoms with Gasteiger partial charge in [0, 0.05) is 64.6 Å². The van der Waals surface area contributed by atoms with Gasteiger partial charge in [-0.05, 0) is 38.5 Å². The molecule has 0 bridgehead atoms. The van der Waals surface area contributed by atoms with E-state index in [1.807, 2.05) is 0 Å².